The fraction of sp³-hybridized carbons (Fsp3) is 0.125. The van der Waals surface area contributed by atoms with Crippen LogP contribution in [0.3, 0.4) is 0 Å². The summed E-state index contributed by atoms with van der Waals surface area (Å²) >= 11 is 0. The Hall–Kier alpha value is -3.93. The molecule has 0 spiro atoms. The Labute approximate surface area is 173 Å². The van der Waals surface area contributed by atoms with E-state index < -0.39 is 5.97 Å². The minimum Gasteiger partial charge on any atom is -0.497 e. The zero-order chi connectivity index (χ0) is 21.3. The number of nitrogens with two attached hydrogens (primary N) is 1. The van der Waals surface area contributed by atoms with Gasteiger partial charge in [0.25, 0.3) is 0 Å². The molecule has 4 rings (SSSR count). The van der Waals surface area contributed by atoms with Crippen LogP contribution in [0.15, 0.2) is 65.1 Å². The molecule has 0 saturated carbocycles. The van der Waals surface area contributed by atoms with Crippen molar-refractivity contribution in [3.05, 3.63) is 60.7 Å². The number of methoxy groups -OCH3 is 2. The summed E-state index contributed by atoms with van der Waals surface area (Å²) in [6.07, 6.45) is 0. The van der Waals surface area contributed by atoms with Crippen LogP contribution < -0.4 is 19.9 Å². The van der Waals surface area contributed by atoms with E-state index in [-0.39, 0.29) is 5.88 Å². The van der Waals surface area contributed by atoms with E-state index >= 15 is 0 Å². The molecule has 0 aliphatic carbocycles. The Morgan fingerprint density at radius 1 is 0.833 bits per heavy atom. The first-order chi connectivity index (χ1) is 14.5. The van der Waals surface area contributed by atoms with Gasteiger partial charge in [0.15, 0.2) is 5.88 Å². The van der Waals surface area contributed by atoms with Crippen molar-refractivity contribution in [3.63, 3.8) is 0 Å². The van der Waals surface area contributed by atoms with Gasteiger partial charge in [-0.2, -0.15) is 0 Å². The molecule has 0 fully saturated rings. The van der Waals surface area contributed by atoms with Gasteiger partial charge in [-0.3, -0.25) is 4.79 Å². The second-order valence-electron chi connectivity index (χ2n) is 6.74. The van der Waals surface area contributed by atoms with E-state index in [1.54, 1.807) is 14.2 Å². The number of furan rings is 1. The van der Waals surface area contributed by atoms with E-state index in [1.807, 2.05) is 60.7 Å². The number of rotatable bonds is 5. The second kappa shape index (κ2) is 7.83. The molecule has 1 aromatic heterocycles. The van der Waals surface area contributed by atoms with Gasteiger partial charge in [0.05, 0.1) is 25.2 Å². The molecule has 0 aliphatic heterocycles. The van der Waals surface area contributed by atoms with Crippen molar-refractivity contribution in [2.45, 2.75) is 6.92 Å². The quantitative estimate of drug-likeness (QED) is 0.360. The molecular weight excluding hydrogens is 382 g/mol. The Bertz CT molecular complexity index is 1210. The lowest BCUT2D eigenvalue weighted by Crippen LogP contribution is -2.02. The Morgan fingerprint density at radius 3 is 1.93 bits per heavy atom. The molecule has 30 heavy (non-hydrogen) atoms. The number of carbonyl (C=O) groups excluding carboxylic acids is 1. The summed E-state index contributed by atoms with van der Waals surface area (Å²) in [4.78, 5) is 11.8. The molecule has 0 bridgehead atoms. The van der Waals surface area contributed by atoms with Crippen LogP contribution in [0.1, 0.15) is 6.92 Å². The number of esters is 1. The topological polar surface area (TPSA) is 83.9 Å². The van der Waals surface area contributed by atoms with Gasteiger partial charge >= 0.3 is 5.97 Å². The van der Waals surface area contributed by atoms with E-state index in [9.17, 15) is 4.79 Å². The van der Waals surface area contributed by atoms with Crippen molar-refractivity contribution in [1.29, 1.82) is 0 Å². The predicted molar refractivity (Wildman–Crippen MR) is 116 cm³/mol. The maximum absolute atomic E-state index is 11.8. The molecule has 2 N–H and O–H groups in total. The molecule has 0 radical (unpaired) electrons. The van der Waals surface area contributed by atoms with E-state index in [0.717, 1.165) is 28.2 Å². The van der Waals surface area contributed by atoms with Crippen molar-refractivity contribution in [2.75, 3.05) is 20.0 Å². The first-order valence-electron chi connectivity index (χ1n) is 9.33. The first-order valence-corrected chi connectivity index (χ1v) is 9.33. The van der Waals surface area contributed by atoms with Gasteiger partial charge in [-0.1, -0.05) is 24.3 Å². The summed E-state index contributed by atoms with van der Waals surface area (Å²) in [5.74, 6) is 1.69. The predicted octanol–water partition coefficient (Wildman–Crippen LogP) is 5.29. The number of benzene rings is 3. The largest absolute Gasteiger partial charge is 0.497 e. The highest BCUT2D eigenvalue weighted by Gasteiger charge is 2.21. The average Bonchev–Trinajstić information content (AvgIpc) is 3.09. The fourth-order valence-electron chi connectivity index (χ4n) is 3.44. The summed E-state index contributed by atoms with van der Waals surface area (Å²) in [5, 5.41) is 0.644. The van der Waals surface area contributed by atoms with Gasteiger partial charge in [0.1, 0.15) is 22.8 Å². The van der Waals surface area contributed by atoms with Crippen molar-refractivity contribution in [1.82, 2.24) is 0 Å². The third-order valence-corrected chi connectivity index (χ3v) is 4.84. The number of ether oxygens (including phenoxy) is 3. The van der Waals surface area contributed by atoms with Crippen LogP contribution in [0.4, 0.5) is 5.88 Å². The lowest BCUT2D eigenvalue weighted by Gasteiger charge is -2.10. The van der Waals surface area contributed by atoms with E-state index in [0.29, 0.717) is 22.3 Å². The highest BCUT2D eigenvalue weighted by Crippen LogP contribution is 2.44. The highest BCUT2D eigenvalue weighted by atomic mass is 16.5. The molecule has 6 nitrogen and oxygen atoms in total. The minimum atomic E-state index is -0.427. The van der Waals surface area contributed by atoms with Crippen molar-refractivity contribution in [2.24, 2.45) is 0 Å². The lowest BCUT2D eigenvalue weighted by molar-refractivity contribution is -0.131. The van der Waals surface area contributed by atoms with Crippen LogP contribution in [0.25, 0.3) is 33.2 Å². The molecule has 3 aromatic carbocycles. The summed E-state index contributed by atoms with van der Waals surface area (Å²) in [6, 6.07) is 18.7. The van der Waals surface area contributed by atoms with Crippen LogP contribution >= 0.6 is 0 Å². The van der Waals surface area contributed by atoms with Gasteiger partial charge in [0, 0.05) is 6.92 Å². The summed E-state index contributed by atoms with van der Waals surface area (Å²) in [5.41, 5.74) is 10.0. The molecule has 4 aromatic rings. The number of anilines is 1. The molecule has 1 heterocycles. The smallest absolute Gasteiger partial charge is 0.308 e. The molecule has 0 amide bonds. The van der Waals surface area contributed by atoms with Crippen LogP contribution in [0.2, 0.25) is 0 Å². The van der Waals surface area contributed by atoms with Crippen LogP contribution in [-0.4, -0.2) is 20.2 Å². The van der Waals surface area contributed by atoms with Crippen LogP contribution in [-0.2, 0) is 4.79 Å². The summed E-state index contributed by atoms with van der Waals surface area (Å²) in [7, 11) is 3.22. The molecule has 152 valence electrons. The second-order valence-corrected chi connectivity index (χ2v) is 6.74. The number of hydrogen-bond donors (Lipinski definition) is 1. The SMILES string of the molecule is COc1ccc(-c2cc(OC(C)=O)c3c(-c4ccc(OC)cc4)c(N)oc3c2)cc1. The minimum absolute atomic E-state index is 0.246. The van der Waals surface area contributed by atoms with Gasteiger partial charge in [-0.15, -0.1) is 0 Å². The maximum atomic E-state index is 11.8. The number of carbonyl (C=O) groups is 1. The normalized spacial score (nSPS) is 10.8. The third kappa shape index (κ3) is 3.55. The molecular formula is C24H21NO5. The third-order valence-electron chi connectivity index (χ3n) is 4.84. The Kier molecular flexibility index (Phi) is 5.06. The molecule has 0 atom stereocenters. The van der Waals surface area contributed by atoms with Crippen molar-refractivity contribution >= 4 is 22.8 Å². The Balaban J connectivity index is 1.91. The summed E-state index contributed by atoms with van der Waals surface area (Å²) in [6.45, 7) is 1.36. The van der Waals surface area contributed by atoms with Crippen LogP contribution in [0.5, 0.6) is 17.2 Å². The number of hydrogen-bond acceptors (Lipinski definition) is 6. The number of fused-ring (bicyclic) bond motifs is 1. The monoisotopic (exact) mass is 403 g/mol. The standard InChI is InChI=1S/C24H21NO5/c1-14(26)29-20-12-17(15-4-8-18(27-2)9-5-15)13-21-23(20)22(24(25)30-21)16-6-10-19(28-3)11-7-16/h4-13H,25H2,1-3H3. The van der Waals surface area contributed by atoms with E-state index in [4.69, 9.17) is 24.4 Å². The molecule has 0 unspecified atom stereocenters. The van der Waals surface area contributed by atoms with Crippen LogP contribution in [0, 0.1) is 0 Å². The van der Waals surface area contributed by atoms with Gasteiger partial charge in [0.2, 0.25) is 0 Å². The van der Waals surface area contributed by atoms with E-state index in [1.165, 1.54) is 6.92 Å². The zero-order valence-electron chi connectivity index (χ0n) is 16.9. The summed E-state index contributed by atoms with van der Waals surface area (Å²) < 4.78 is 21.9. The molecule has 6 heteroatoms. The maximum Gasteiger partial charge on any atom is 0.308 e. The number of nitrogen functional groups attached to an aromatic ring is 1. The van der Waals surface area contributed by atoms with Crippen molar-refractivity contribution in [3.8, 4) is 39.5 Å². The first kappa shape index (κ1) is 19.4. The van der Waals surface area contributed by atoms with E-state index in [2.05, 4.69) is 0 Å². The van der Waals surface area contributed by atoms with Gasteiger partial charge < -0.3 is 24.4 Å². The highest BCUT2D eigenvalue weighted by molar-refractivity contribution is 6.05. The van der Waals surface area contributed by atoms with Crippen molar-refractivity contribution < 1.29 is 23.4 Å². The lowest BCUT2D eigenvalue weighted by atomic mass is 9.99. The average molecular weight is 403 g/mol. The Morgan fingerprint density at radius 2 is 1.40 bits per heavy atom. The van der Waals surface area contributed by atoms with Gasteiger partial charge in [-0.25, -0.2) is 0 Å². The zero-order valence-corrected chi connectivity index (χ0v) is 16.9. The molecule has 0 saturated heterocycles. The molecule has 0 aliphatic rings. The fourth-order valence-corrected chi connectivity index (χ4v) is 3.44. The van der Waals surface area contributed by atoms with Gasteiger partial charge in [-0.05, 0) is 53.1 Å².